The molecule has 164 valence electrons. The monoisotopic (exact) mass is 426 g/mol. The van der Waals surface area contributed by atoms with Crippen molar-refractivity contribution in [1.29, 1.82) is 0 Å². The number of urea groups is 1. The zero-order valence-electron chi connectivity index (χ0n) is 18.1. The van der Waals surface area contributed by atoms with Crippen LogP contribution in [0.5, 0.6) is 0 Å². The summed E-state index contributed by atoms with van der Waals surface area (Å²) in [6, 6.07) is 9.95. The number of anilines is 1. The number of hydrogen-bond acceptors (Lipinski definition) is 3. The third-order valence-electron chi connectivity index (χ3n) is 5.23. The summed E-state index contributed by atoms with van der Waals surface area (Å²) in [5.74, 6) is -0.963. The molecule has 0 saturated heterocycles. The molecule has 3 rings (SSSR count). The van der Waals surface area contributed by atoms with Crippen molar-refractivity contribution in [3.8, 4) is 0 Å². The number of amides is 4. The fraction of sp³-hybridized carbons (Fsp3) is 0.348. The lowest BCUT2D eigenvalue weighted by molar-refractivity contribution is -0.124. The Bertz CT molecular complexity index is 999. The number of benzene rings is 2. The van der Waals surface area contributed by atoms with E-state index in [9.17, 15) is 18.8 Å². The number of fused-ring (bicyclic) bond motifs is 1. The minimum atomic E-state index is -0.689. The molecule has 1 aliphatic rings. The number of nitrogens with zero attached hydrogens (tertiary/aromatic N) is 1. The third kappa shape index (κ3) is 5.20. The van der Waals surface area contributed by atoms with E-state index >= 15 is 0 Å². The van der Waals surface area contributed by atoms with Gasteiger partial charge < -0.3 is 20.9 Å². The molecule has 8 heteroatoms. The number of nitrogens with one attached hydrogen (secondary N) is 3. The van der Waals surface area contributed by atoms with Crippen molar-refractivity contribution in [1.82, 2.24) is 15.5 Å². The van der Waals surface area contributed by atoms with Gasteiger partial charge in [-0.3, -0.25) is 9.59 Å². The van der Waals surface area contributed by atoms with Crippen LogP contribution in [0.15, 0.2) is 42.5 Å². The first-order chi connectivity index (χ1) is 14.6. The molecule has 3 N–H and O–H groups in total. The van der Waals surface area contributed by atoms with E-state index in [4.69, 9.17) is 0 Å². The highest BCUT2D eigenvalue weighted by Crippen LogP contribution is 2.24. The van der Waals surface area contributed by atoms with Crippen molar-refractivity contribution < 1.29 is 18.8 Å². The molecule has 1 aliphatic heterocycles. The fourth-order valence-corrected chi connectivity index (χ4v) is 3.45. The first-order valence-electron chi connectivity index (χ1n) is 10.0. The molecule has 0 fully saturated rings. The highest BCUT2D eigenvalue weighted by atomic mass is 19.1. The highest BCUT2D eigenvalue weighted by molar-refractivity contribution is 5.98. The van der Waals surface area contributed by atoms with Gasteiger partial charge in [-0.2, -0.15) is 0 Å². The lowest BCUT2D eigenvalue weighted by atomic mass is 9.86. The molecule has 4 amide bonds. The SMILES string of the molecule is CNC(=O)[C@@H](NC(=O)c1ccc(NC(=O)N2Cc3ccc(F)cc3C2)cc1)C(C)(C)C. The van der Waals surface area contributed by atoms with Gasteiger partial charge in [0.1, 0.15) is 11.9 Å². The van der Waals surface area contributed by atoms with E-state index in [0.717, 1.165) is 11.1 Å². The summed E-state index contributed by atoms with van der Waals surface area (Å²) in [7, 11) is 1.53. The summed E-state index contributed by atoms with van der Waals surface area (Å²) in [5, 5.41) is 8.12. The van der Waals surface area contributed by atoms with Crippen LogP contribution in [0.25, 0.3) is 0 Å². The van der Waals surface area contributed by atoms with Gasteiger partial charge in [-0.25, -0.2) is 9.18 Å². The number of rotatable bonds is 4. The van der Waals surface area contributed by atoms with Crippen molar-refractivity contribution >= 4 is 23.5 Å². The van der Waals surface area contributed by atoms with E-state index in [1.165, 1.54) is 19.2 Å². The van der Waals surface area contributed by atoms with Gasteiger partial charge in [-0.15, -0.1) is 0 Å². The molecular formula is C23H27FN4O3. The Kier molecular flexibility index (Phi) is 6.29. The topological polar surface area (TPSA) is 90.5 Å². The summed E-state index contributed by atoms with van der Waals surface area (Å²) in [6.45, 7) is 6.37. The zero-order chi connectivity index (χ0) is 22.8. The standard InChI is InChI=1S/C23H27FN4O3/c1-23(2,3)19(21(30)25-4)27-20(29)14-6-9-18(10-7-14)26-22(31)28-12-15-5-8-17(24)11-16(15)13-28/h5-11,19H,12-13H2,1-4H3,(H,25,30)(H,26,31)(H,27,29)/t19-/m1/s1. The Morgan fingerprint density at radius 1 is 1.00 bits per heavy atom. The molecular weight excluding hydrogens is 399 g/mol. The number of carbonyl (C=O) groups is 3. The molecule has 2 aromatic rings. The summed E-state index contributed by atoms with van der Waals surface area (Å²) in [5.41, 5.74) is 2.17. The zero-order valence-corrected chi connectivity index (χ0v) is 18.1. The predicted octanol–water partition coefficient (Wildman–Crippen LogP) is 3.26. The second-order valence-electron chi connectivity index (χ2n) is 8.66. The molecule has 1 atom stereocenters. The van der Waals surface area contributed by atoms with Crippen LogP contribution in [0, 0.1) is 11.2 Å². The van der Waals surface area contributed by atoms with Crippen LogP contribution >= 0.6 is 0 Å². The van der Waals surface area contributed by atoms with Crippen molar-refractivity contribution in [3.63, 3.8) is 0 Å². The van der Waals surface area contributed by atoms with Crippen LogP contribution in [-0.2, 0) is 17.9 Å². The van der Waals surface area contributed by atoms with Crippen molar-refractivity contribution in [2.24, 2.45) is 5.41 Å². The number of hydrogen-bond donors (Lipinski definition) is 3. The number of carbonyl (C=O) groups excluding carboxylic acids is 3. The molecule has 7 nitrogen and oxygen atoms in total. The maximum atomic E-state index is 13.4. The van der Waals surface area contributed by atoms with E-state index in [-0.39, 0.29) is 23.7 Å². The van der Waals surface area contributed by atoms with Crippen LogP contribution in [0.1, 0.15) is 42.3 Å². The Morgan fingerprint density at radius 3 is 2.26 bits per heavy atom. The first-order valence-corrected chi connectivity index (χ1v) is 10.0. The Hall–Kier alpha value is -3.42. The van der Waals surface area contributed by atoms with Gasteiger partial charge in [0.15, 0.2) is 0 Å². The lowest BCUT2D eigenvalue weighted by Crippen LogP contribution is -2.52. The lowest BCUT2D eigenvalue weighted by Gasteiger charge is -2.29. The molecule has 0 aliphatic carbocycles. The van der Waals surface area contributed by atoms with Crippen molar-refractivity contribution in [3.05, 3.63) is 65.0 Å². The smallest absolute Gasteiger partial charge is 0.322 e. The minimum Gasteiger partial charge on any atom is -0.357 e. The first kappa shape index (κ1) is 22.3. The second-order valence-corrected chi connectivity index (χ2v) is 8.66. The van der Waals surface area contributed by atoms with Crippen LogP contribution in [0.2, 0.25) is 0 Å². The van der Waals surface area contributed by atoms with Crippen molar-refractivity contribution in [2.45, 2.75) is 39.9 Å². The second kappa shape index (κ2) is 8.75. The molecule has 0 radical (unpaired) electrons. The van der Waals surface area contributed by atoms with Gasteiger partial charge >= 0.3 is 6.03 Å². The summed E-state index contributed by atoms with van der Waals surface area (Å²) >= 11 is 0. The summed E-state index contributed by atoms with van der Waals surface area (Å²) in [6.07, 6.45) is 0. The molecule has 0 saturated carbocycles. The van der Waals surface area contributed by atoms with Gasteiger partial charge in [0.25, 0.3) is 5.91 Å². The fourth-order valence-electron chi connectivity index (χ4n) is 3.45. The Morgan fingerprint density at radius 2 is 1.65 bits per heavy atom. The van der Waals surface area contributed by atoms with Gasteiger partial charge in [-0.1, -0.05) is 26.8 Å². The van der Waals surface area contributed by atoms with Crippen LogP contribution in [0.4, 0.5) is 14.9 Å². The van der Waals surface area contributed by atoms with E-state index in [1.54, 1.807) is 35.2 Å². The van der Waals surface area contributed by atoms with E-state index in [2.05, 4.69) is 16.0 Å². The predicted molar refractivity (Wildman–Crippen MR) is 116 cm³/mol. The summed E-state index contributed by atoms with van der Waals surface area (Å²) in [4.78, 5) is 38.9. The van der Waals surface area contributed by atoms with Gasteiger partial charge in [0.05, 0.1) is 0 Å². The third-order valence-corrected chi connectivity index (χ3v) is 5.23. The number of likely N-dealkylation sites (N-methyl/N-ethyl adjacent to an activating group) is 1. The Balaban J connectivity index is 1.62. The molecule has 2 aromatic carbocycles. The summed E-state index contributed by atoms with van der Waals surface area (Å²) < 4.78 is 13.4. The van der Waals surface area contributed by atoms with E-state index < -0.39 is 11.5 Å². The van der Waals surface area contributed by atoms with Gasteiger partial charge in [0, 0.05) is 31.4 Å². The highest BCUT2D eigenvalue weighted by Gasteiger charge is 2.32. The minimum absolute atomic E-state index is 0.267. The van der Waals surface area contributed by atoms with Gasteiger partial charge in [0.2, 0.25) is 5.91 Å². The normalized spacial score (nSPS) is 13.9. The van der Waals surface area contributed by atoms with Crippen LogP contribution < -0.4 is 16.0 Å². The average Bonchev–Trinajstić information content (AvgIpc) is 3.14. The van der Waals surface area contributed by atoms with E-state index in [1.807, 2.05) is 20.8 Å². The molecule has 31 heavy (non-hydrogen) atoms. The van der Waals surface area contributed by atoms with Crippen LogP contribution in [0.3, 0.4) is 0 Å². The maximum Gasteiger partial charge on any atom is 0.322 e. The average molecular weight is 426 g/mol. The maximum absolute atomic E-state index is 13.4. The number of halogens is 1. The van der Waals surface area contributed by atoms with E-state index in [0.29, 0.717) is 24.3 Å². The largest absolute Gasteiger partial charge is 0.357 e. The van der Waals surface area contributed by atoms with Gasteiger partial charge in [-0.05, 0) is 52.9 Å². The van der Waals surface area contributed by atoms with Crippen molar-refractivity contribution in [2.75, 3.05) is 12.4 Å². The molecule has 0 bridgehead atoms. The molecule has 0 spiro atoms. The molecule has 1 heterocycles. The Labute approximate surface area is 181 Å². The molecule has 0 unspecified atom stereocenters. The van der Waals surface area contributed by atoms with Crippen LogP contribution in [-0.4, -0.2) is 35.8 Å². The quantitative estimate of drug-likeness (QED) is 0.701. The molecule has 0 aromatic heterocycles.